The number of nitrogens with one attached hydrogen (secondary N) is 3. The van der Waals surface area contributed by atoms with Crippen LogP contribution in [0, 0.1) is 0 Å². The summed E-state index contributed by atoms with van der Waals surface area (Å²) < 4.78 is 19.2. The minimum atomic E-state index is -0.265. The third-order valence-electron chi connectivity index (χ3n) is 4.68. The highest BCUT2D eigenvalue weighted by atomic mass is 127. The Kier molecular flexibility index (Phi) is 10.3. The molecule has 32 heavy (non-hydrogen) atoms. The number of carbonyl (C=O) groups is 2. The van der Waals surface area contributed by atoms with Crippen LogP contribution in [0.1, 0.15) is 16.1 Å². The van der Waals surface area contributed by atoms with Crippen LogP contribution in [0.3, 0.4) is 0 Å². The molecule has 0 radical (unpaired) electrons. The molecule has 0 fully saturated rings. The van der Waals surface area contributed by atoms with Crippen molar-refractivity contribution in [3.8, 4) is 11.1 Å². The summed E-state index contributed by atoms with van der Waals surface area (Å²) in [7, 11) is 0. The van der Waals surface area contributed by atoms with Crippen LogP contribution in [-0.4, -0.2) is 69.5 Å². The van der Waals surface area contributed by atoms with Crippen molar-refractivity contribution in [1.82, 2.24) is 13.8 Å². The fourth-order valence-electron chi connectivity index (χ4n) is 3.11. The molecule has 3 rings (SSSR count). The molecule has 0 spiro atoms. The second-order valence-corrected chi connectivity index (χ2v) is 7.77. The maximum atomic E-state index is 12.4. The maximum absolute atomic E-state index is 12.4. The van der Waals surface area contributed by atoms with Gasteiger partial charge < -0.3 is 24.8 Å². The second kappa shape index (κ2) is 13.4. The average molecular weight is 554 g/mol. The van der Waals surface area contributed by atoms with Gasteiger partial charge in [0.05, 0.1) is 46.1 Å². The van der Waals surface area contributed by atoms with Crippen LogP contribution >= 0.6 is 22.9 Å². The van der Waals surface area contributed by atoms with Crippen molar-refractivity contribution in [1.29, 1.82) is 0 Å². The summed E-state index contributed by atoms with van der Waals surface area (Å²) in [6.07, 6.45) is 2.00. The number of amides is 2. The van der Waals surface area contributed by atoms with E-state index in [1.54, 1.807) is 12.3 Å². The maximum Gasteiger partial charge on any atom is 0.269 e. The van der Waals surface area contributed by atoms with Gasteiger partial charge in [0.15, 0.2) is 0 Å². The summed E-state index contributed by atoms with van der Waals surface area (Å²) in [5.41, 5.74) is 3.90. The number of hydrogen-bond acceptors (Lipinski definition) is 7. The zero-order valence-electron chi connectivity index (χ0n) is 17.7. The standard InChI is InChI=1S/C22H27IN4O5/c23-26-6-8-31-10-12-32-11-9-30-7-5-25-22(29)20-14-17(3-4-24-20)16-1-2-18-15-21(28)27-19(18)13-16/h1-4,13-14,26H,5-12,15H2,(H,25,29)(H,27,28). The van der Waals surface area contributed by atoms with Gasteiger partial charge in [-0.15, -0.1) is 0 Å². The molecule has 0 aliphatic carbocycles. The molecule has 0 atom stereocenters. The Labute approximate surface area is 201 Å². The van der Waals surface area contributed by atoms with E-state index in [-0.39, 0.29) is 11.8 Å². The summed E-state index contributed by atoms with van der Waals surface area (Å²) in [5.74, 6) is -0.269. The van der Waals surface area contributed by atoms with Gasteiger partial charge in [-0.3, -0.25) is 18.1 Å². The first-order chi connectivity index (χ1) is 15.7. The topological polar surface area (TPSA) is 111 Å². The summed E-state index contributed by atoms with van der Waals surface area (Å²) in [4.78, 5) is 28.1. The summed E-state index contributed by atoms with van der Waals surface area (Å²) in [5, 5.41) is 5.65. The average Bonchev–Trinajstić information content (AvgIpc) is 3.19. The Bertz CT molecular complexity index is 912. The number of anilines is 1. The van der Waals surface area contributed by atoms with Crippen LogP contribution in [0.15, 0.2) is 36.5 Å². The van der Waals surface area contributed by atoms with E-state index in [2.05, 4.69) is 42.0 Å². The van der Waals surface area contributed by atoms with E-state index in [0.29, 0.717) is 58.3 Å². The van der Waals surface area contributed by atoms with E-state index < -0.39 is 0 Å². The molecule has 2 heterocycles. The van der Waals surface area contributed by atoms with Crippen LogP contribution in [-0.2, 0) is 25.4 Å². The van der Waals surface area contributed by atoms with Crippen LogP contribution in [0.5, 0.6) is 0 Å². The number of nitrogens with zero attached hydrogens (tertiary/aromatic N) is 1. The van der Waals surface area contributed by atoms with Crippen molar-refractivity contribution in [3.63, 3.8) is 0 Å². The minimum absolute atomic E-state index is 0.00493. The SMILES string of the molecule is O=C1Cc2ccc(-c3ccnc(C(=O)NCCOCCOCCOCCNI)c3)cc2N1. The van der Waals surface area contributed by atoms with Crippen LogP contribution < -0.4 is 14.2 Å². The fraction of sp³-hybridized carbons (Fsp3) is 0.409. The van der Waals surface area contributed by atoms with Crippen molar-refractivity contribution < 1.29 is 23.8 Å². The Morgan fingerprint density at radius 3 is 2.41 bits per heavy atom. The van der Waals surface area contributed by atoms with E-state index in [0.717, 1.165) is 28.9 Å². The lowest BCUT2D eigenvalue weighted by Crippen LogP contribution is -2.28. The van der Waals surface area contributed by atoms with Crippen molar-refractivity contribution in [2.45, 2.75) is 6.42 Å². The van der Waals surface area contributed by atoms with Gasteiger partial charge in [0.1, 0.15) is 5.69 Å². The molecule has 0 saturated heterocycles. The number of halogens is 1. The normalized spacial score (nSPS) is 12.5. The predicted octanol–water partition coefficient (Wildman–Crippen LogP) is 1.96. The van der Waals surface area contributed by atoms with E-state index in [1.807, 2.05) is 24.3 Å². The van der Waals surface area contributed by atoms with Gasteiger partial charge in [-0.05, 0) is 34.9 Å². The first-order valence-corrected chi connectivity index (χ1v) is 11.5. The van der Waals surface area contributed by atoms with Gasteiger partial charge >= 0.3 is 0 Å². The molecule has 2 aromatic rings. The number of carbonyl (C=O) groups excluding carboxylic acids is 2. The van der Waals surface area contributed by atoms with Crippen molar-refractivity contribution >= 4 is 40.4 Å². The van der Waals surface area contributed by atoms with Crippen molar-refractivity contribution in [2.24, 2.45) is 0 Å². The van der Waals surface area contributed by atoms with Gasteiger partial charge in [-0.2, -0.15) is 0 Å². The lowest BCUT2D eigenvalue weighted by atomic mass is 10.0. The highest BCUT2D eigenvalue weighted by Crippen LogP contribution is 2.29. The number of ether oxygens (including phenoxy) is 3. The first kappa shape index (κ1) is 24.5. The molecular weight excluding hydrogens is 527 g/mol. The van der Waals surface area contributed by atoms with Gasteiger partial charge in [0, 0.05) is 47.8 Å². The number of benzene rings is 1. The predicted molar refractivity (Wildman–Crippen MR) is 129 cm³/mol. The largest absolute Gasteiger partial charge is 0.378 e. The number of rotatable bonds is 14. The van der Waals surface area contributed by atoms with Gasteiger partial charge in [0.25, 0.3) is 5.91 Å². The lowest BCUT2D eigenvalue weighted by Gasteiger charge is -2.09. The molecule has 0 bridgehead atoms. The molecule has 0 unspecified atom stereocenters. The fourth-order valence-corrected chi connectivity index (χ4v) is 3.33. The lowest BCUT2D eigenvalue weighted by molar-refractivity contribution is -0.115. The second-order valence-electron chi connectivity index (χ2n) is 7.00. The molecule has 1 aromatic heterocycles. The zero-order valence-corrected chi connectivity index (χ0v) is 19.9. The van der Waals surface area contributed by atoms with E-state index in [4.69, 9.17) is 14.2 Å². The van der Waals surface area contributed by atoms with Crippen LogP contribution in [0.25, 0.3) is 11.1 Å². The monoisotopic (exact) mass is 554 g/mol. The molecule has 2 amide bonds. The highest BCUT2D eigenvalue weighted by Gasteiger charge is 2.18. The summed E-state index contributed by atoms with van der Waals surface area (Å²) in [6.45, 7) is 4.24. The van der Waals surface area contributed by atoms with E-state index in [9.17, 15) is 9.59 Å². The van der Waals surface area contributed by atoms with Crippen LogP contribution in [0.4, 0.5) is 5.69 Å². The molecule has 172 valence electrons. The Hall–Kier alpha value is -2.12. The van der Waals surface area contributed by atoms with Crippen molar-refractivity contribution in [3.05, 3.63) is 47.8 Å². The summed E-state index contributed by atoms with van der Waals surface area (Å²) >= 11 is 2.08. The first-order valence-electron chi connectivity index (χ1n) is 10.4. The molecule has 1 aromatic carbocycles. The quantitative estimate of drug-likeness (QED) is 0.186. The Balaban J connectivity index is 1.34. The molecule has 9 nitrogen and oxygen atoms in total. The Morgan fingerprint density at radius 1 is 0.969 bits per heavy atom. The number of pyridine rings is 1. The van der Waals surface area contributed by atoms with E-state index >= 15 is 0 Å². The molecule has 3 N–H and O–H groups in total. The van der Waals surface area contributed by atoms with Crippen LogP contribution in [0.2, 0.25) is 0 Å². The molecule has 1 aliphatic rings. The smallest absolute Gasteiger partial charge is 0.269 e. The third-order valence-corrected chi connectivity index (χ3v) is 5.22. The minimum Gasteiger partial charge on any atom is -0.378 e. The third kappa shape index (κ3) is 7.78. The molecular formula is C22H27IN4O5. The van der Waals surface area contributed by atoms with Gasteiger partial charge in [-0.25, -0.2) is 0 Å². The molecule has 1 aliphatic heterocycles. The van der Waals surface area contributed by atoms with Gasteiger partial charge in [0.2, 0.25) is 5.91 Å². The number of hydrogen-bond donors (Lipinski definition) is 3. The molecule has 10 heteroatoms. The highest BCUT2D eigenvalue weighted by molar-refractivity contribution is 14.1. The number of fused-ring (bicyclic) bond motifs is 1. The van der Waals surface area contributed by atoms with E-state index in [1.165, 1.54) is 0 Å². The number of aromatic nitrogens is 1. The molecule has 0 saturated carbocycles. The summed E-state index contributed by atoms with van der Waals surface area (Å²) in [6, 6.07) is 9.37. The van der Waals surface area contributed by atoms with Crippen molar-refractivity contribution in [2.75, 3.05) is 58.0 Å². The van der Waals surface area contributed by atoms with Gasteiger partial charge in [-0.1, -0.05) is 12.1 Å². The Morgan fingerprint density at radius 2 is 1.66 bits per heavy atom. The zero-order chi connectivity index (χ0) is 22.6.